The van der Waals surface area contributed by atoms with Crippen LogP contribution >= 0.6 is 0 Å². The number of aliphatic hydroxyl groups is 1. The molecule has 1 fully saturated rings. The van der Waals surface area contributed by atoms with Crippen LogP contribution in [-0.4, -0.2) is 11.7 Å². The third-order valence-corrected chi connectivity index (χ3v) is 4.64. The van der Waals surface area contributed by atoms with Gasteiger partial charge in [0.1, 0.15) is 0 Å². The van der Waals surface area contributed by atoms with Crippen molar-refractivity contribution < 1.29 is 5.11 Å². The summed E-state index contributed by atoms with van der Waals surface area (Å²) in [5.41, 5.74) is 3.16. The van der Waals surface area contributed by atoms with E-state index in [0.29, 0.717) is 5.41 Å². The number of fused-ring (bicyclic) bond motifs is 1. The lowest BCUT2D eigenvalue weighted by atomic mass is 9.52. The zero-order valence-electron chi connectivity index (χ0n) is 10.6. The molecule has 0 saturated heterocycles. The van der Waals surface area contributed by atoms with Gasteiger partial charge in [-0.1, -0.05) is 32.1 Å². The average Bonchev–Trinajstić information content (AvgIpc) is 2.28. The SMILES string of the molecule is C=C1CC/C=C(/CO)CC[C@@H]2[C@H]1CC2(C)C. The maximum absolute atomic E-state index is 9.28. The smallest absolute Gasteiger partial charge is 0.0641 e. The molecule has 16 heavy (non-hydrogen) atoms. The molecule has 90 valence electrons. The first-order valence-electron chi connectivity index (χ1n) is 6.51. The molecule has 1 N–H and O–H groups in total. The van der Waals surface area contributed by atoms with Crippen LogP contribution in [0.2, 0.25) is 0 Å². The molecule has 0 heterocycles. The molecule has 0 radical (unpaired) electrons. The summed E-state index contributed by atoms with van der Waals surface area (Å²) >= 11 is 0. The Morgan fingerprint density at radius 1 is 1.44 bits per heavy atom. The number of aliphatic hydroxyl groups excluding tert-OH is 1. The third-order valence-electron chi connectivity index (χ3n) is 4.64. The Hall–Kier alpha value is -0.560. The fraction of sp³-hybridized carbons (Fsp3) is 0.733. The Kier molecular flexibility index (Phi) is 3.25. The Labute approximate surface area is 99.3 Å². The highest BCUT2D eigenvalue weighted by molar-refractivity contribution is 5.16. The second-order valence-electron chi connectivity index (χ2n) is 6.16. The van der Waals surface area contributed by atoms with Crippen molar-refractivity contribution in [2.45, 2.75) is 46.0 Å². The van der Waals surface area contributed by atoms with E-state index in [-0.39, 0.29) is 6.61 Å². The van der Waals surface area contributed by atoms with Crippen LogP contribution in [-0.2, 0) is 0 Å². The van der Waals surface area contributed by atoms with Crippen LogP contribution < -0.4 is 0 Å². The zero-order chi connectivity index (χ0) is 11.8. The lowest BCUT2D eigenvalue weighted by Gasteiger charge is -2.53. The first-order chi connectivity index (χ1) is 7.54. The lowest BCUT2D eigenvalue weighted by Crippen LogP contribution is -2.44. The van der Waals surface area contributed by atoms with E-state index in [1.54, 1.807) is 0 Å². The highest BCUT2D eigenvalue weighted by atomic mass is 16.3. The van der Waals surface area contributed by atoms with Gasteiger partial charge in [0, 0.05) is 0 Å². The van der Waals surface area contributed by atoms with Gasteiger partial charge in [0.15, 0.2) is 0 Å². The van der Waals surface area contributed by atoms with Gasteiger partial charge < -0.3 is 5.11 Å². The Bertz CT molecular complexity index is 311. The predicted octanol–water partition coefficient (Wildman–Crippen LogP) is 3.70. The monoisotopic (exact) mass is 220 g/mol. The quantitative estimate of drug-likeness (QED) is 0.668. The average molecular weight is 220 g/mol. The Balaban J connectivity index is 2.11. The van der Waals surface area contributed by atoms with Gasteiger partial charge in [0.05, 0.1) is 6.61 Å². The fourth-order valence-corrected chi connectivity index (χ4v) is 3.50. The molecule has 0 unspecified atom stereocenters. The maximum Gasteiger partial charge on any atom is 0.0641 e. The minimum Gasteiger partial charge on any atom is -0.392 e. The standard InChI is InChI=1S/C15H24O/c1-11-5-4-6-12(10-16)7-8-14-13(11)9-15(14,2)3/h6,13-14,16H,1,4-5,7-10H2,2-3H3/b12-6+/t13-,14+/m0/s1. The van der Waals surface area contributed by atoms with E-state index in [4.69, 9.17) is 0 Å². The van der Waals surface area contributed by atoms with Crippen LogP contribution in [0.5, 0.6) is 0 Å². The van der Waals surface area contributed by atoms with Crippen LogP contribution in [0, 0.1) is 17.3 Å². The van der Waals surface area contributed by atoms with Gasteiger partial charge in [-0.3, -0.25) is 0 Å². The summed E-state index contributed by atoms with van der Waals surface area (Å²) < 4.78 is 0. The fourth-order valence-electron chi connectivity index (χ4n) is 3.50. The van der Waals surface area contributed by atoms with E-state index in [2.05, 4.69) is 26.5 Å². The summed E-state index contributed by atoms with van der Waals surface area (Å²) in [7, 11) is 0. The van der Waals surface area contributed by atoms with Crippen molar-refractivity contribution in [3.8, 4) is 0 Å². The van der Waals surface area contributed by atoms with Gasteiger partial charge in [-0.25, -0.2) is 0 Å². The van der Waals surface area contributed by atoms with E-state index < -0.39 is 0 Å². The van der Waals surface area contributed by atoms with Gasteiger partial charge in [0.25, 0.3) is 0 Å². The van der Waals surface area contributed by atoms with Crippen molar-refractivity contribution in [2.24, 2.45) is 17.3 Å². The van der Waals surface area contributed by atoms with Crippen LogP contribution in [0.4, 0.5) is 0 Å². The van der Waals surface area contributed by atoms with Gasteiger partial charge in [-0.05, 0) is 54.9 Å². The van der Waals surface area contributed by atoms with Crippen LogP contribution in [0.25, 0.3) is 0 Å². The molecule has 0 aromatic rings. The van der Waals surface area contributed by atoms with Crippen molar-refractivity contribution in [3.63, 3.8) is 0 Å². The summed E-state index contributed by atoms with van der Waals surface area (Å²) in [4.78, 5) is 0. The van der Waals surface area contributed by atoms with Crippen molar-refractivity contribution in [2.75, 3.05) is 6.61 Å². The second kappa shape index (κ2) is 4.37. The highest BCUT2D eigenvalue weighted by Gasteiger charge is 2.47. The minimum atomic E-state index is 0.240. The zero-order valence-corrected chi connectivity index (χ0v) is 10.6. The summed E-state index contributed by atoms with van der Waals surface area (Å²) in [5, 5.41) is 9.28. The molecule has 0 bridgehead atoms. The summed E-state index contributed by atoms with van der Waals surface area (Å²) in [6.07, 6.45) is 8.02. The molecular weight excluding hydrogens is 196 g/mol. The van der Waals surface area contributed by atoms with Crippen molar-refractivity contribution in [1.82, 2.24) is 0 Å². The van der Waals surface area contributed by atoms with E-state index >= 15 is 0 Å². The van der Waals surface area contributed by atoms with E-state index in [1.807, 2.05) is 0 Å². The van der Waals surface area contributed by atoms with Crippen LogP contribution in [0.3, 0.4) is 0 Å². The van der Waals surface area contributed by atoms with Crippen molar-refractivity contribution in [1.29, 1.82) is 0 Å². The van der Waals surface area contributed by atoms with E-state index in [1.165, 1.54) is 24.0 Å². The third kappa shape index (κ3) is 2.10. The first kappa shape index (κ1) is 11.9. The molecule has 0 aromatic carbocycles. The molecule has 2 aliphatic rings. The van der Waals surface area contributed by atoms with E-state index in [9.17, 15) is 5.11 Å². The van der Waals surface area contributed by atoms with Crippen molar-refractivity contribution in [3.05, 3.63) is 23.8 Å². The molecule has 2 aliphatic carbocycles. The summed E-state index contributed by atoms with van der Waals surface area (Å²) in [6.45, 7) is 9.26. The molecular formula is C15H24O. The molecule has 1 nitrogen and oxygen atoms in total. The lowest BCUT2D eigenvalue weighted by molar-refractivity contribution is 0.00350. The van der Waals surface area contributed by atoms with Gasteiger partial charge >= 0.3 is 0 Å². The molecule has 1 saturated carbocycles. The largest absolute Gasteiger partial charge is 0.392 e. The molecule has 2 rings (SSSR count). The van der Waals surface area contributed by atoms with Gasteiger partial charge in [-0.2, -0.15) is 0 Å². The molecule has 0 spiro atoms. The number of hydrogen-bond acceptors (Lipinski definition) is 1. The van der Waals surface area contributed by atoms with E-state index in [0.717, 1.165) is 31.1 Å². The normalized spacial score (nSPS) is 37.2. The van der Waals surface area contributed by atoms with Gasteiger partial charge in [-0.15, -0.1) is 0 Å². The Morgan fingerprint density at radius 2 is 2.19 bits per heavy atom. The topological polar surface area (TPSA) is 20.2 Å². The number of hydrogen-bond donors (Lipinski definition) is 1. The maximum atomic E-state index is 9.28. The summed E-state index contributed by atoms with van der Waals surface area (Å²) in [6, 6.07) is 0. The second-order valence-corrected chi connectivity index (χ2v) is 6.16. The Morgan fingerprint density at radius 3 is 2.81 bits per heavy atom. The first-order valence-corrected chi connectivity index (χ1v) is 6.51. The minimum absolute atomic E-state index is 0.240. The molecule has 0 aliphatic heterocycles. The van der Waals surface area contributed by atoms with Crippen LogP contribution in [0.15, 0.2) is 23.8 Å². The number of rotatable bonds is 1. The van der Waals surface area contributed by atoms with Crippen LogP contribution in [0.1, 0.15) is 46.0 Å². The summed E-state index contributed by atoms with van der Waals surface area (Å²) in [5.74, 6) is 1.54. The molecule has 0 amide bonds. The van der Waals surface area contributed by atoms with Crippen molar-refractivity contribution >= 4 is 0 Å². The molecule has 2 atom stereocenters. The predicted molar refractivity (Wildman–Crippen MR) is 68.2 cm³/mol. The van der Waals surface area contributed by atoms with Gasteiger partial charge in [0.2, 0.25) is 0 Å². The number of allylic oxidation sites excluding steroid dienone is 2. The molecule has 1 heteroatoms. The highest BCUT2D eigenvalue weighted by Crippen LogP contribution is 2.56. The molecule has 0 aromatic heterocycles.